The van der Waals surface area contributed by atoms with Crippen LogP contribution in [0.15, 0.2) is 73.1 Å². The molecule has 1 N–H and O–H groups in total. The molecule has 0 spiro atoms. The van der Waals surface area contributed by atoms with Crippen LogP contribution in [0.1, 0.15) is 24.2 Å². The van der Waals surface area contributed by atoms with Gasteiger partial charge in [-0.15, -0.1) is 0 Å². The fourth-order valence-electron chi connectivity index (χ4n) is 3.63. The average Bonchev–Trinajstić information content (AvgIpc) is 2.80. The fourth-order valence-corrected chi connectivity index (χ4v) is 3.63. The van der Waals surface area contributed by atoms with Crippen molar-refractivity contribution in [3.8, 4) is 11.5 Å². The Morgan fingerprint density at radius 3 is 2.43 bits per heavy atom. The quantitative estimate of drug-likeness (QED) is 0.662. The van der Waals surface area contributed by atoms with Crippen molar-refractivity contribution in [2.75, 3.05) is 13.1 Å². The minimum Gasteiger partial charge on any atom is -0.456 e. The molecule has 0 atom stereocenters. The molecule has 1 aliphatic heterocycles. The Morgan fingerprint density at radius 2 is 1.73 bits per heavy atom. The second-order valence-corrected chi connectivity index (χ2v) is 7.51. The minimum absolute atomic E-state index is 0.0299. The summed E-state index contributed by atoms with van der Waals surface area (Å²) in [7, 11) is 0. The number of piperidine rings is 1. The monoisotopic (exact) mass is 402 g/mol. The van der Waals surface area contributed by atoms with Gasteiger partial charge in [0.05, 0.1) is 18.4 Å². The number of nitrogens with one attached hydrogen (secondary N) is 1. The Bertz CT molecular complexity index is 924. The molecule has 1 fully saturated rings. The highest BCUT2D eigenvalue weighted by atomic mass is 16.5. The van der Waals surface area contributed by atoms with Gasteiger partial charge >= 0.3 is 6.03 Å². The van der Waals surface area contributed by atoms with Gasteiger partial charge in [-0.05, 0) is 61.6 Å². The Hall–Kier alpha value is -3.41. The molecule has 3 heterocycles. The summed E-state index contributed by atoms with van der Waals surface area (Å²) in [5, 5.41) is 2.97. The average molecular weight is 402 g/mol. The zero-order valence-corrected chi connectivity index (χ0v) is 16.9. The van der Waals surface area contributed by atoms with Gasteiger partial charge in [-0.3, -0.25) is 9.97 Å². The third kappa shape index (κ3) is 5.56. The van der Waals surface area contributed by atoms with E-state index >= 15 is 0 Å². The van der Waals surface area contributed by atoms with E-state index in [1.54, 1.807) is 6.20 Å². The van der Waals surface area contributed by atoms with E-state index in [4.69, 9.17) is 4.74 Å². The van der Waals surface area contributed by atoms with Crippen molar-refractivity contribution in [3.05, 3.63) is 84.4 Å². The van der Waals surface area contributed by atoms with Gasteiger partial charge in [0.25, 0.3) is 0 Å². The van der Waals surface area contributed by atoms with E-state index in [1.165, 1.54) is 0 Å². The van der Waals surface area contributed by atoms with Crippen molar-refractivity contribution < 1.29 is 9.53 Å². The summed E-state index contributed by atoms with van der Waals surface area (Å²) >= 11 is 0. The highest BCUT2D eigenvalue weighted by Crippen LogP contribution is 2.21. The molecule has 0 aliphatic carbocycles. The zero-order valence-electron chi connectivity index (χ0n) is 16.9. The van der Waals surface area contributed by atoms with Crippen molar-refractivity contribution in [1.29, 1.82) is 0 Å². The number of aromatic nitrogens is 2. The third-order valence-corrected chi connectivity index (χ3v) is 5.32. The third-order valence-electron chi connectivity index (χ3n) is 5.32. The molecule has 4 rings (SSSR count). The van der Waals surface area contributed by atoms with Crippen LogP contribution in [0.3, 0.4) is 0 Å². The first-order valence-electron chi connectivity index (χ1n) is 10.4. The number of benzene rings is 1. The summed E-state index contributed by atoms with van der Waals surface area (Å²) in [6.45, 7) is 1.96. The number of hydrogen-bond donors (Lipinski definition) is 1. The lowest BCUT2D eigenvalue weighted by Crippen LogP contribution is -2.44. The van der Waals surface area contributed by atoms with Gasteiger partial charge in [-0.1, -0.05) is 24.3 Å². The van der Waals surface area contributed by atoms with Crippen LogP contribution in [-0.4, -0.2) is 34.0 Å². The fraction of sp³-hybridized carbons (Fsp3) is 0.292. The summed E-state index contributed by atoms with van der Waals surface area (Å²) in [5.74, 6) is 2.03. The molecule has 0 unspecified atom stereocenters. The highest BCUT2D eigenvalue weighted by Gasteiger charge is 2.23. The first-order valence-corrected chi connectivity index (χ1v) is 10.4. The number of para-hydroxylation sites is 1. The lowest BCUT2D eigenvalue weighted by molar-refractivity contribution is 0.169. The first-order chi connectivity index (χ1) is 14.8. The van der Waals surface area contributed by atoms with Crippen LogP contribution < -0.4 is 10.1 Å². The van der Waals surface area contributed by atoms with E-state index in [0.717, 1.165) is 49.5 Å². The van der Waals surface area contributed by atoms with Crippen molar-refractivity contribution in [3.63, 3.8) is 0 Å². The van der Waals surface area contributed by atoms with Crippen LogP contribution in [0.25, 0.3) is 0 Å². The molecule has 1 saturated heterocycles. The molecule has 6 nitrogen and oxygen atoms in total. The molecule has 0 saturated carbocycles. The van der Waals surface area contributed by atoms with Crippen molar-refractivity contribution in [2.45, 2.75) is 25.8 Å². The number of amides is 2. The smallest absolute Gasteiger partial charge is 0.317 e. The topological polar surface area (TPSA) is 67.3 Å². The molecule has 3 aromatic rings. The highest BCUT2D eigenvalue weighted by molar-refractivity contribution is 5.74. The maximum atomic E-state index is 12.5. The van der Waals surface area contributed by atoms with Gasteiger partial charge in [0.1, 0.15) is 11.5 Å². The first kappa shape index (κ1) is 19.9. The lowest BCUT2D eigenvalue weighted by Gasteiger charge is -2.32. The summed E-state index contributed by atoms with van der Waals surface area (Å²) in [6, 6.07) is 19.3. The second-order valence-electron chi connectivity index (χ2n) is 7.51. The van der Waals surface area contributed by atoms with Crippen LogP contribution in [0.4, 0.5) is 4.79 Å². The van der Waals surface area contributed by atoms with Crippen LogP contribution >= 0.6 is 0 Å². The summed E-state index contributed by atoms with van der Waals surface area (Å²) in [5.41, 5.74) is 1.93. The van der Waals surface area contributed by atoms with E-state index in [9.17, 15) is 4.79 Å². The zero-order chi connectivity index (χ0) is 20.6. The predicted octanol–water partition coefficient (Wildman–Crippen LogP) is 4.43. The number of hydrogen-bond acceptors (Lipinski definition) is 4. The Balaban J connectivity index is 1.20. The predicted molar refractivity (Wildman–Crippen MR) is 115 cm³/mol. The van der Waals surface area contributed by atoms with E-state index in [0.29, 0.717) is 18.2 Å². The van der Waals surface area contributed by atoms with Crippen LogP contribution in [0, 0.1) is 5.92 Å². The Labute approximate surface area is 176 Å². The molecule has 2 amide bonds. The van der Waals surface area contributed by atoms with Gasteiger partial charge in [-0.2, -0.15) is 0 Å². The van der Waals surface area contributed by atoms with Gasteiger partial charge in [0, 0.05) is 25.0 Å². The van der Waals surface area contributed by atoms with Crippen LogP contribution in [0.5, 0.6) is 11.5 Å². The lowest BCUT2D eigenvalue weighted by atomic mass is 9.92. The number of carbonyl (C=O) groups excluding carboxylic acids is 1. The summed E-state index contributed by atoms with van der Waals surface area (Å²) in [6.07, 6.45) is 6.52. The Kier molecular flexibility index (Phi) is 6.54. The minimum atomic E-state index is -0.0299. The van der Waals surface area contributed by atoms with Gasteiger partial charge in [0.2, 0.25) is 0 Å². The number of urea groups is 1. The van der Waals surface area contributed by atoms with E-state index < -0.39 is 0 Å². The maximum Gasteiger partial charge on any atom is 0.317 e. The van der Waals surface area contributed by atoms with Gasteiger partial charge < -0.3 is 15.0 Å². The van der Waals surface area contributed by atoms with E-state index in [-0.39, 0.29) is 6.03 Å². The summed E-state index contributed by atoms with van der Waals surface area (Å²) in [4.78, 5) is 23.2. The van der Waals surface area contributed by atoms with Gasteiger partial charge in [0.15, 0.2) is 0 Å². The number of rotatable bonds is 6. The molecule has 6 heteroatoms. The molecule has 2 aromatic heterocycles. The van der Waals surface area contributed by atoms with Crippen molar-refractivity contribution >= 4 is 6.03 Å². The Morgan fingerprint density at radius 1 is 0.933 bits per heavy atom. The largest absolute Gasteiger partial charge is 0.456 e. The van der Waals surface area contributed by atoms with E-state index in [1.807, 2.05) is 65.7 Å². The van der Waals surface area contributed by atoms with Crippen LogP contribution in [-0.2, 0) is 13.0 Å². The van der Waals surface area contributed by atoms with Crippen molar-refractivity contribution in [1.82, 2.24) is 20.2 Å². The summed E-state index contributed by atoms with van der Waals surface area (Å²) < 4.78 is 5.74. The molecule has 1 aromatic carbocycles. The second kappa shape index (κ2) is 9.87. The normalized spacial score (nSPS) is 14.3. The molecule has 0 radical (unpaired) electrons. The number of nitrogens with zero attached hydrogens (tertiary/aromatic N) is 3. The van der Waals surface area contributed by atoms with Crippen LogP contribution in [0.2, 0.25) is 0 Å². The number of pyridine rings is 2. The molecular formula is C24H26N4O2. The number of likely N-dealkylation sites (tertiary alicyclic amines) is 1. The van der Waals surface area contributed by atoms with Crippen molar-refractivity contribution in [2.24, 2.45) is 5.92 Å². The molecular weight excluding hydrogens is 376 g/mol. The maximum absolute atomic E-state index is 12.5. The van der Waals surface area contributed by atoms with Gasteiger partial charge in [-0.25, -0.2) is 4.79 Å². The number of ether oxygens (including phenoxy) is 1. The molecule has 0 bridgehead atoms. The molecule has 1 aliphatic rings. The number of carbonyl (C=O) groups is 1. The van der Waals surface area contributed by atoms with E-state index in [2.05, 4.69) is 21.4 Å². The standard InChI is InChI=1S/C24H26N4O2/c29-24(28-14-11-19(12-15-28)16-20-6-4-5-13-25-20)27-17-21-9-10-23(18-26-21)30-22-7-2-1-3-8-22/h1-10,13,18-19H,11-12,14-17H2,(H,27,29). The molecule has 30 heavy (non-hydrogen) atoms. The molecule has 154 valence electrons. The SMILES string of the molecule is O=C(NCc1ccc(Oc2ccccc2)cn1)N1CCC(Cc2ccccn2)CC1.